The Bertz CT molecular complexity index is 463. The first-order valence-corrected chi connectivity index (χ1v) is 7.00. The summed E-state index contributed by atoms with van der Waals surface area (Å²) in [4.78, 5) is 2.31. The second kappa shape index (κ2) is 6.07. The fourth-order valence-electron chi connectivity index (χ4n) is 2.92. The predicted molar refractivity (Wildman–Crippen MR) is 76.1 cm³/mol. The van der Waals surface area contributed by atoms with Gasteiger partial charge in [0.05, 0.1) is 5.69 Å². The molecule has 1 saturated heterocycles. The molecule has 0 amide bonds. The van der Waals surface area contributed by atoms with E-state index in [1.807, 2.05) is 25.7 Å². The van der Waals surface area contributed by atoms with Gasteiger partial charge in [-0.1, -0.05) is 0 Å². The Kier molecular flexibility index (Phi) is 4.43. The van der Waals surface area contributed by atoms with Crippen LogP contribution in [0.3, 0.4) is 0 Å². The van der Waals surface area contributed by atoms with Crippen molar-refractivity contribution >= 4 is 5.82 Å². The van der Waals surface area contributed by atoms with Crippen molar-refractivity contribution in [3.8, 4) is 6.07 Å². The van der Waals surface area contributed by atoms with Gasteiger partial charge in [-0.3, -0.25) is 4.68 Å². The fraction of sp³-hybridized carbons (Fsp3) is 0.714. The Hall–Kier alpha value is -1.54. The van der Waals surface area contributed by atoms with Crippen LogP contribution in [-0.2, 0) is 7.05 Å². The quantitative estimate of drug-likeness (QED) is 0.890. The fourth-order valence-corrected chi connectivity index (χ4v) is 2.92. The van der Waals surface area contributed by atoms with Gasteiger partial charge in [0.1, 0.15) is 17.5 Å². The summed E-state index contributed by atoms with van der Waals surface area (Å²) in [5.41, 5.74) is 1.56. The lowest BCUT2D eigenvalue weighted by molar-refractivity contribution is 0.375. The molecule has 5 heteroatoms. The van der Waals surface area contributed by atoms with Crippen LogP contribution >= 0.6 is 0 Å². The van der Waals surface area contributed by atoms with Crippen LogP contribution < -0.4 is 10.2 Å². The topological polar surface area (TPSA) is 56.9 Å². The minimum Gasteiger partial charge on any atom is -0.356 e. The maximum absolute atomic E-state index is 9.27. The van der Waals surface area contributed by atoms with Crippen molar-refractivity contribution in [1.82, 2.24) is 15.1 Å². The zero-order chi connectivity index (χ0) is 13.8. The molecule has 0 atom stereocenters. The van der Waals surface area contributed by atoms with E-state index in [0.717, 1.165) is 42.6 Å². The molecule has 1 aromatic heterocycles. The number of hydrogen-bond donors (Lipinski definition) is 1. The van der Waals surface area contributed by atoms with Gasteiger partial charge in [-0.15, -0.1) is 0 Å². The third-order valence-corrected chi connectivity index (χ3v) is 4.02. The summed E-state index contributed by atoms with van der Waals surface area (Å²) in [7, 11) is 3.93. The molecule has 19 heavy (non-hydrogen) atoms. The second-order valence-electron chi connectivity index (χ2n) is 5.34. The Balaban J connectivity index is 2.04. The summed E-state index contributed by atoms with van der Waals surface area (Å²) in [6.07, 6.45) is 3.66. The van der Waals surface area contributed by atoms with E-state index in [-0.39, 0.29) is 0 Å². The summed E-state index contributed by atoms with van der Waals surface area (Å²) >= 11 is 0. The lowest BCUT2D eigenvalue weighted by atomic mass is 9.93. The molecule has 0 aliphatic carbocycles. The highest BCUT2D eigenvalue weighted by Gasteiger charge is 2.24. The van der Waals surface area contributed by atoms with Gasteiger partial charge in [0.2, 0.25) is 0 Å². The zero-order valence-electron chi connectivity index (χ0n) is 12.1. The van der Waals surface area contributed by atoms with E-state index >= 15 is 0 Å². The van der Waals surface area contributed by atoms with E-state index in [1.54, 1.807) is 0 Å². The first kappa shape index (κ1) is 13.9. The first-order chi connectivity index (χ1) is 9.17. The average molecular weight is 261 g/mol. The van der Waals surface area contributed by atoms with Gasteiger partial charge in [0.25, 0.3) is 0 Å². The Morgan fingerprint density at radius 1 is 1.42 bits per heavy atom. The molecule has 5 nitrogen and oxygen atoms in total. The molecule has 0 radical (unpaired) electrons. The number of nitrogens with zero attached hydrogens (tertiary/aromatic N) is 4. The molecular formula is C14H23N5. The van der Waals surface area contributed by atoms with Crippen LogP contribution in [0.25, 0.3) is 0 Å². The van der Waals surface area contributed by atoms with Crippen LogP contribution in [-0.4, -0.2) is 36.5 Å². The van der Waals surface area contributed by atoms with Crippen molar-refractivity contribution in [2.75, 3.05) is 31.6 Å². The van der Waals surface area contributed by atoms with Crippen molar-refractivity contribution < 1.29 is 0 Å². The van der Waals surface area contributed by atoms with Crippen molar-refractivity contribution in [3.63, 3.8) is 0 Å². The van der Waals surface area contributed by atoms with Crippen LogP contribution in [0.5, 0.6) is 0 Å². The largest absolute Gasteiger partial charge is 0.356 e. The van der Waals surface area contributed by atoms with Crippen molar-refractivity contribution in [3.05, 3.63) is 11.3 Å². The molecule has 0 unspecified atom stereocenters. The standard InChI is InChI=1S/C14H23N5/c1-11-13(10-15)14(18(3)17-11)19-8-5-12(6-9-19)4-7-16-2/h12,16H,4-9H2,1-3H3. The molecular weight excluding hydrogens is 238 g/mol. The van der Waals surface area contributed by atoms with E-state index in [4.69, 9.17) is 0 Å². The molecule has 1 aliphatic rings. The molecule has 104 valence electrons. The number of aromatic nitrogens is 2. The highest BCUT2D eigenvalue weighted by Crippen LogP contribution is 2.28. The second-order valence-corrected chi connectivity index (χ2v) is 5.34. The highest BCUT2D eigenvalue weighted by molar-refractivity contribution is 5.57. The van der Waals surface area contributed by atoms with Gasteiger partial charge in [-0.2, -0.15) is 10.4 Å². The van der Waals surface area contributed by atoms with Gasteiger partial charge in [0, 0.05) is 20.1 Å². The third-order valence-electron chi connectivity index (χ3n) is 4.02. The van der Waals surface area contributed by atoms with Gasteiger partial charge in [-0.05, 0) is 45.7 Å². The lowest BCUT2D eigenvalue weighted by Crippen LogP contribution is -2.36. The molecule has 2 rings (SSSR count). The minimum atomic E-state index is 0.733. The van der Waals surface area contributed by atoms with Crippen molar-refractivity contribution in [1.29, 1.82) is 5.26 Å². The van der Waals surface area contributed by atoms with Crippen LogP contribution in [0.1, 0.15) is 30.5 Å². The Morgan fingerprint density at radius 2 is 2.11 bits per heavy atom. The average Bonchev–Trinajstić information content (AvgIpc) is 2.71. The van der Waals surface area contributed by atoms with Crippen LogP contribution in [0.15, 0.2) is 0 Å². The van der Waals surface area contributed by atoms with Gasteiger partial charge < -0.3 is 10.2 Å². The smallest absolute Gasteiger partial charge is 0.144 e. The molecule has 1 aliphatic heterocycles. The summed E-state index contributed by atoms with van der Waals surface area (Å²) in [5.74, 6) is 1.80. The van der Waals surface area contributed by atoms with Crippen LogP contribution in [0.2, 0.25) is 0 Å². The Morgan fingerprint density at radius 3 is 2.68 bits per heavy atom. The number of piperidine rings is 1. The monoisotopic (exact) mass is 261 g/mol. The molecule has 0 bridgehead atoms. The van der Waals surface area contributed by atoms with Gasteiger partial charge in [0.15, 0.2) is 0 Å². The summed E-state index contributed by atoms with van der Waals surface area (Å²) in [5, 5.41) is 16.9. The number of aryl methyl sites for hydroxylation is 2. The number of anilines is 1. The van der Waals surface area contributed by atoms with E-state index in [9.17, 15) is 5.26 Å². The van der Waals surface area contributed by atoms with E-state index in [2.05, 4.69) is 21.4 Å². The summed E-state index contributed by atoms with van der Waals surface area (Å²) in [6, 6.07) is 2.29. The van der Waals surface area contributed by atoms with E-state index < -0.39 is 0 Å². The van der Waals surface area contributed by atoms with Gasteiger partial charge in [-0.25, -0.2) is 0 Å². The molecule has 0 saturated carbocycles. The molecule has 1 fully saturated rings. The molecule has 1 aromatic rings. The highest BCUT2D eigenvalue weighted by atomic mass is 15.4. The van der Waals surface area contributed by atoms with Gasteiger partial charge >= 0.3 is 0 Å². The normalized spacial score (nSPS) is 16.6. The maximum Gasteiger partial charge on any atom is 0.144 e. The number of hydrogen-bond acceptors (Lipinski definition) is 4. The number of rotatable bonds is 4. The molecule has 0 aromatic carbocycles. The SMILES string of the molecule is CNCCC1CCN(c2c(C#N)c(C)nn2C)CC1. The van der Waals surface area contributed by atoms with Crippen LogP contribution in [0, 0.1) is 24.2 Å². The summed E-state index contributed by atoms with van der Waals surface area (Å²) < 4.78 is 1.85. The van der Waals surface area contributed by atoms with Crippen LogP contribution in [0.4, 0.5) is 5.82 Å². The first-order valence-electron chi connectivity index (χ1n) is 7.00. The lowest BCUT2D eigenvalue weighted by Gasteiger charge is -2.33. The molecule has 1 N–H and O–H groups in total. The van der Waals surface area contributed by atoms with Crippen molar-refractivity contribution in [2.45, 2.75) is 26.2 Å². The zero-order valence-corrected chi connectivity index (χ0v) is 12.1. The number of nitriles is 1. The van der Waals surface area contributed by atoms with Crippen molar-refractivity contribution in [2.24, 2.45) is 13.0 Å². The third kappa shape index (κ3) is 2.90. The minimum absolute atomic E-state index is 0.733. The number of nitrogens with one attached hydrogen (secondary N) is 1. The van der Waals surface area contributed by atoms with E-state index in [1.165, 1.54) is 19.3 Å². The molecule has 2 heterocycles. The molecule has 0 spiro atoms. The predicted octanol–water partition coefficient (Wildman–Crippen LogP) is 1.43. The Labute approximate surface area is 115 Å². The summed E-state index contributed by atoms with van der Waals surface area (Å²) in [6.45, 7) is 5.06. The maximum atomic E-state index is 9.27. The van der Waals surface area contributed by atoms with E-state index in [0.29, 0.717) is 0 Å².